The third kappa shape index (κ3) is 5.83. The summed E-state index contributed by atoms with van der Waals surface area (Å²) in [5, 5.41) is 15.3. The van der Waals surface area contributed by atoms with Crippen molar-refractivity contribution in [3.05, 3.63) is 41.0 Å². The lowest BCUT2D eigenvalue weighted by Gasteiger charge is -2.13. The smallest absolute Gasteiger partial charge is 0.191 e. The summed E-state index contributed by atoms with van der Waals surface area (Å²) in [6.45, 7) is 8.00. The van der Waals surface area contributed by atoms with Gasteiger partial charge in [-0.1, -0.05) is 12.1 Å². The number of hydrogen-bond donors (Lipinski definition) is 2. The van der Waals surface area contributed by atoms with E-state index in [1.54, 1.807) is 0 Å². The standard InChI is InChI=1S/C21H30N6O.HI/c1-3-22-21(24-13-20-26-25-19-5-4-10-27(19)20)23-12-17-9-6-15(2)11-18(17)28-14-16-7-8-16;/h6,9,11,16H,3-5,7-8,10,12-14H2,1-2H3,(H2,22,23,24);1H. The monoisotopic (exact) mass is 510 g/mol. The summed E-state index contributed by atoms with van der Waals surface area (Å²) in [6, 6.07) is 6.36. The van der Waals surface area contributed by atoms with Gasteiger partial charge in [0.1, 0.15) is 11.6 Å². The second-order valence-corrected chi connectivity index (χ2v) is 7.70. The summed E-state index contributed by atoms with van der Waals surface area (Å²) < 4.78 is 8.28. The third-order valence-electron chi connectivity index (χ3n) is 5.25. The lowest BCUT2D eigenvalue weighted by molar-refractivity contribution is 0.296. The highest BCUT2D eigenvalue weighted by atomic mass is 127. The predicted molar refractivity (Wildman–Crippen MR) is 125 cm³/mol. The molecule has 0 spiro atoms. The Balaban J connectivity index is 0.00000240. The Kier molecular flexibility index (Phi) is 7.74. The fourth-order valence-electron chi connectivity index (χ4n) is 3.43. The second-order valence-electron chi connectivity index (χ2n) is 7.70. The highest BCUT2D eigenvalue weighted by Gasteiger charge is 2.22. The Labute approximate surface area is 189 Å². The van der Waals surface area contributed by atoms with Crippen LogP contribution < -0.4 is 15.4 Å². The highest BCUT2D eigenvalue weighted by Crippen LogP contribution is 2.31. The van der Waals surface area contributed by atoms with Crippen LogP contribution in [0.15, 0.2) is 23.2 Å². The minimum absolute atomic E-state index is 0. The highest BCUT2D eigenvalue weighted by molar-refractivity contribution is 14.0. The first kappa shape index (κ1) is 21.9. The Morgan fingerprint density at radius 3 is 2.93 bits per heavy atom. The molecule has 0 atom stereocenters. The number of nitrogens with zero attached hydrogens (tertiary/aromatic N) is 4. The molecule has 4 rings (SSSR count). The molecule has 158 valence electrons. The van der Waals surface area contributed by atoms with E-state index in [9.17, 15) is 0 Å². The number of aliphatic imine (C=N–C) groups is 1. The molecule has 29 heavy (non-hydrogen) atoms. The fraction of sp³-hybridized carbons (Fsp3) is 0.571. The number of rotatable bonds is 8. The van der Waals surface area contributed by atoms with Crippen LogP contribution in [-0.4, -0.2) is 33.9 Å². The molecule has 0 bridgehead atoms. The maximum absolute atomic E-state index is 6.07. The molecule has 1 aromatic carbocycles. The third-order valence-corrected chi connectivity index (χ3v) is 5.25. The molecule has 1 saturated carbocycles. The van der Waals surface area contributed by atoms with Gasteiger partial charge in [-0.3, -0.25) is 0 Å². The van der Waals surface area contributed by atoms with Gasteiger partial charge >= 0.3 is 0 Å². The van der Waals surface area contributed by atoms with Gasteiger partial charge in [-0.25, -0.2) is 4.99 Å². The molecule has 1 fully saturated rings. The first-order valence-electron chi connectivity index (χ1n) is 10.4. The average Bonchev–Trinajstić information content (AvgIpc) is 3.26. The van der Waals surface area contributed by atoms with Gasteiger partial charge in [-0.15, -0.1) is 34.2 Å². The van der Waals surface area contributed by atoms with Crippen molar-refractivity contribution in [2.45, 2.75) is 59.2 Å². The summed E-state index contributed by atoms with van der Waals surface area (Å²) in [6.07, 6.45) is 4.77. The number of halogens is 1. The van der Waals surface area contributed by atoms with Gasteiger partial charge in [0.25, 0.3) is 0 Å². The largest absolute Gasteiger partial charge is 0.493 e. The van der Waals surface area contributed by atoms with E-state index in [0.717, 1.165) is 67.4 Å². The molecule has 0 radical (unpaired) electrons. The number of fused-ring (bicyclic) bond motifs is 1. The van der Waals surface area contributed by atoms with Crippen LogP contribution in [0.3, 0.4) is 0 Å². The zero-order chi connectivity index (χ0) is 19.3. The Hall–Kier alpha value is -1.84. The van der Waals surface area contributed by atoms with Crippen LogP contribution in [0.4, 0.5) is 0 Å². The molecule has 0 unspecified atom stereocenters. The van der Waals surface area contributed by atoms with Gasteiger partial charge in [0, 0.05) is 25.1 Å². The first-order chi connectivity index (χ1) is 13.7. The summed E-state index contributed by atoms with van der Waals surface area (Å²) in [5.74, 6) is 4.55. The Bertz CT molecular complexity index is 846. The van der Waals surface area contributed by atoms with Crippen molar-refractivity contribution in [2.24, 2.45) is 10.9 Å². The number of benzene rings is 1. The van der Waals surface area contributed by atoms with E-state index in [1.807, 2.05) is 0 Å². The molecule has 7 nitrogen and oxygen atoms in total. The second kappa shape index (κ2) is 10.3. The summed E-state index contributed by atoms with van der Waals surface area (Å²) in [7, 11) is 0. The number of ether oxygens (including phenoxy) is 1. The molecular formula is C21H31IN6O. The summed E-state index contributed by atoms with van der Waals surface area (Å²) in [5.41, 5.74) is 2.33. The van der Waals surface area contributed by atoms with E-state index in [1.165, 1.54) is 18.4 Å². The van der Waals surface area contributed by atoms with Crippen LogP contribution >= 0.6 is 24.0 Å². The zero-order valence-corrected chi connectivity index (χ0v) is 19.6. The van der Waals surface area contributed by atoms with E-state index in [-0.39, 0.29) is 24.0 Å². The van der Waals surface area contributed by atoms with Gasteiger partial charge in [-0.05, 0) is 50.7 Å². The van der Waals surface area contributed by atoms with Crippen LogP contribution in [0.5, 0.6) is 5.75 Å². The Morgan fingerprint density at radius 1 is 1.28 bits per heavy atom. The van der Waals surface area contributed by atoms with Crippen LogP contribution in [0.2, 0.25) is 0 Å². The minimum Gasteiger partial charge on any atom is -0.493 e. The number of aromatic nitrogens is 3. The van der Waals surface area contributed by atoms with Crippen molar-refractivity contribution < 1.29 is 4.74 Å². The maximum atomic E-state index is 6.07. The van der Waals surface area contributed by atoms with Crippen molar-refractivity contribution in [3.8, 4) is 5.75 Å². The minimum atomic E-state index is 0. The van der Waals surface area contributed by atoms with Crippen LogP contribution in [-0.2, 0) is 26.1 Å². The predicted octanol–water partition coefficient (Wildman–Crippen LogP) is 3.19. The van der Waals surface area contributed by atoms with E-state index in [4.69, 9.17) is 9.73 Å². The number of aryl methyl sites for hydroxylation is 2. The normalized spacial score (nSPS) is 15.6. The molecule has 1 aliphatic carbocycles. The molecule has 2 aliphatic rings. The molecule has 1 aliphatic heterocycles. The fourth-order valence-corrected chi connectivity index (χ4v) is 3.43. The van der Waals surface area contributed by atoms with Gasteiger partial charge in [0.2, 0.25) is 0 Å². The van der Waals surface area contributed by atoms with Crippen molar-refractivity contribution in [1.82, 2.24) is 25.4 Å². The van der Waals surface area contributed by atoms with Gasteiger partial charge in [0.05, 0.1) is 19.7 Å². The summed E-state index contributed by atoms with van der Waals surface area (Å²) in [4.78, 5) is 4.77. The number of guanidine groups is 1. The van der Waals surface area contributed by atoms with Gasteiger partial charge < -0.3 is 19.9 Å². The average molecular weight is 510 g/mol. The quantitative estimate of drug-likeness (QED) is 0.324. The van der Waals surface area contributed by atoms with E-state index in [0.29, 0.717) is 13.1 Å². The zero-order valence-electron chi connectivity index (χ0n) is 17.3. The number of nitrogens with one attached hydrogen (secondary N) is 2. The van der Waals surface area contributed by atoms with Crippen molar-refractivity contribution in [3.63, 3.8) is 0 Å². The van der Waals surface area contributed by atoms with Crippen molar-refractivity contribution >= 4 is 29.9 Å². The van der Waals surface area contributed by atoms with E-state index >= 15 is 0 Å². The topological polar surface area (TPSA) is 76.4 Å². The van der Waals surface area contributed by atoms with Crippen LogP contribution in [0, 0.1) is 12.8 Å². The molecular weight excluding hydrogens is 479 g/mol. The van der Waals surface area contributed by atoms with Gasteiger partial charge in [-0.2, -0.15) is 0 Å². The van der Waals surface area contributed by atoms with Gasteiger partial charge in [0.15, 0.2) is 11.8 Å². The maximum Gasteiger partial charge on any atom is 0.191 e. The molecule has 8 heteroatoms. The lowest BCUT2D eigenvalue weighted by atomic mass is 10.1. The molecule has 2 aromatic rings. The molecule has 2 N–H and O–H groups in total. The van der Waals surface area contributed by atoms with Crippen molar-refractivity contribution in [1.29, 1.82) is 0 Å². The van der Waals surface area contributed by atoms with Crippen LogP contribution in [0.1, 0.15) is 49.0 Å². The van der Waals surface area contributed by atoms with Crippen molar-refractivity contribution in [2.75, 3.05) is 13.2 Å². The van der Waals surface area contributed by atoms with E-state index in [2.05, 4.69) is 57.4 Å². The van der Waals surface area contributed by atoms with Crippen LogP contribution in [0.25, 0.3) is 0 Å². The first-order valence-corrected chi connectivity index (χ1v) is 10.4. The number of hydrogen-bond acceptors (Lipinski definition) is 4. The molecule has 0 saturated heterocycles. The molecule has 2 heterocycles. The SMILES string of the molecule is CCNC(=NCc1ccc(C)cc1OCC1CC1)NCc1nnc2n1CCC2.I. The molecule has 0 amide bonds. The Morgan fingerprint density at radius 2 is 2.14 bits per heavy atom. The lowest BCUT2D eigenvalue weighted by Crippen LogP contribution is -2.37. The molecule has 1 aromatic heterocycles. The summed E-state index contributed by atoms with van der Waals surface area (Å²) >= 11 is 0. The van der Waals surface area contributed by atoms with E-state index < -0.39 is 0 Å².